The van der Waals surface area contributed by atoms with E-state index in [1.807, 2.05) is 13.0 Å². The Hall–Kier alpha value is -4.40. The molecule has 2 unspecified atom stereocenters. The molecule has 0 saturated carbocycles. The van der Waals surface area contributed by atoms with Crippen molar-refractivity contribution in [2.45, 2.75) is 68.5 Å². The third-order valence-corrected chi connectivity index (χ3v) is 8.21. The lowest BCUT2D eigenvalue weighted by molar-refractivity contribution is -0.156. The van der Waals surface area contributed by atoms with Crippen LogP contribution < -0.4 is 9.47 Å². The van der Waals surface area contributed by atoms with Crippen LogP contribution in [0, 0.1) is 24.8 Å². The molecule has 0 N–H and O–H groups in total. The Morgan fingerprint density at radius 3 is 1.93 bits per heavy atom. The van der Waals surface area contributed by atoms with Crippen molar-refractivity contribution >= 4 is 47.4 Å². The molecule has 1 aromatic carbocycles. The molecule has 0 amide bonds. The van der Waals surface area contributed by atoms with Gasteiger partial charge in [0, 0.05) is 25.0 Å². The first-order valence-corrected chi connectivity index (χ1v) is 15.4. The maximum atomic E-state index is 12.2. The minimum absolute atomic E-state index is 0.0537. The summed E-state index contributed by atoms with van der Waals surface area (Å²) in [6.07, 6.45) is 1.68. The maximum Gasteiger partial charge on any atom is 0.330 e. The molecule has 1 aliphatic rings. The quantitative estimate of drug-likeness (QED) is 0.0492. The average molecular weight is 659 g/mol. The third kappa shape index (κ3) is 12.3. The van der Waals surface area contributed by atoms with Gasteiger partial charge in [-0.15, -0.1) is 0 Å². The van der Waals surface area contributed by atoms with E-state index in [1.54, 1.807) is 19.9 Å². The predicted molar refractivity (Wildman–Crippen MR) is 165 cm³/mol. The molecule has 0 aliphatic carbocycles. The zero-order chi connectivity index (χ0) is 33.4. The minimum atomic E-state index is -0.612. The van der Waals surface area contributed by atoms with Crippen molar-refractivity contribution in [1.29, 1.82) is 5.26 Å². The van der Waals surface area contributed by atoms with Crippen LogP contribution in [-0.2, 0) is 38.1 Å². The Labute approximate surface area is 270 Å². The number of nitrogens with zero attached hydrogens (tertiary/aromatic N) is 2. The molecule has 14 heteroatoms. The molecule has 240 valence electrons. The summed E-state index contributed by atoms with van der Waals surface area (Å²) < 4.78 is 32.7. The number of hydrogen-bond acceptors (Lipinski definition) is 13. The Kier molecular flexibility index (Phi) is 15.6. The standard InChI is InChI=1S/C31H34N2O10S2/c1-7-24(34)40-17-20(4)42-26(36)11-9-13-38-23-15-19(3)28(30-29(23)44-31(45-30)22(16-32)33-6)39-14-10-12-27(37)43-21(5)18-41-25(35)8-2/h7-8,15,20-21H,1-2,9-14,17-18H2,3-5H3/b31-22+. The molecule has 12 nitrogen and oxygen atoms in total. The highest BCUT2D eigenvalue weighted by Gasteiger charge is 2.30. The second kappa shape index (κ2) is 19.1. The van der Waals surface area contributed by atoms with Gasteiger partial charge in [0.15, 0.2) is 0 Å². The summed E-state index contributed by atoms with van der Waals surface area (Å²) in [5.41, 5.74) is 0.684. The van der Waals surface area contributed by atoms with Crippen molar-refractivity contribution < 1.29 is 47.6 Å². The minimum Gasteiger partial charge on any atom is -0.492 e. The fourth-order valence-corrected chi connectivity index (χ4v) is 6.13. The lowest BCUT2D eigenvalue weighted by Crippen LogP contribution is -2.22. The molecule has 1 aliphatic heterocycles. The molecule has 0 saturated heterocycles. The van der Waals surface area contributed by atoms with Crippen LogP contribution in [0.5, 0.6) is 11.5 Å². The summed E-state index contributed by atoms with van der Waals surface area (Å²) in [6, 6.07) is 3.70. The number of allylic oxidation sites excluding steroid dienone is 1. The summed E-state index contributed by atoms with van der Waals surface area (Å²) in [5.74, 6) is -1.08. The summed E-state index contributed by atoms with van der Waals surface area (Å²) in [6.45, 7) is 19.2. The fourth-order valence-electron chi connectivity index (χ4n) is 3.56. The van der Waals surface area contributed by atoms with Gasteiger partial charge >= 0.3 is 23.9 Å². The molecule has 2 rings (SSSR count). The van der Waals surface area contributed by atoms with Gasteiger partial charge in [-0.2, -0.15) is 0 Å². The molecule has 0 radical (unpaired) electrons. The van der Waals surface area contributed by atoms with Gasteiger partial charge in [0.25, 0.3) is 5.70 Å². The van der Waals surface area contributed by atoms with E-state index in [4.69, 9.17) is 35.0 Å². The number of carbonyl (C=O) groups is 4. The Balaban J connectivity index is 1.99. The summed E-state index contributed by atoms with van der Waals surface area (Å²) in [5, 5.41) is 9.42. The predicted octanol–water partition coefficient (Wildman–Crippen LogP) is 5.44. The van der Waals surface area contributed by atoms with E-state index in [-0.39, 0.29) is 45.0 Å². The third-order valence-electron chi connectivity index (χ3n) is 5.62. The van der Waals surface area contributed by atoms with Crippen molar-refractivity contribution in [1.82, 2.24) is 0 Å². The van der Waals surface area contributed by atoms with Gasteiger partial charge in [-0.3, -0.25) is 9.59 Å². The number of ether oxygens (including phenoxy) is 6. The number of hydrogen-bond donors (Lipinski definition) is 0. The van der Waals surface area contributed by atoms with Crippen molar-refractivity contribution in [3.8, 4) is 17.6 Å². The number of rotatable bonds is 18. The molecule has 1 heterocycles. The normalized spacial score (nSPS) is 13.9. The van der Waals surface area contributed by atoms with Gasteiger partial charge < -0.3 is 28.4 Å². The molecule has 1 aromatic rings. The fraction of sp³-hybridized carbons (Fsp3) is 0.419. The SMILES string of the molecule is [C-]#[N+]/C(C#N)=C1\Sc2c(OCCCC(=O)OC(C)COC(=O)C=C)cc(C)c(OCCCC(=O)OC(C)COC(=O)C=C)c2S1. The van der Waals surface area contributed by atoms with Crippen LogP contribution in [0.25, 0.3) is 4.85 Å². The lowest BCUT2D eigenvalue weighted by atomic mass is 10.2. The van der Waals surface area contributed by atoms with E-state index < -0.39 is 36.1 Å². The highest BCUT2D eigenvalue weighted by molar-refractivity contribution is 8.24. The first-order valence-electron chi connectivity index (χ1n) is 13.8. The molecule has 0 bridgehead atoms. The van der Waals surface area contributed by atoms with Gasteiger partial charge in [0.2, 0.25) is 0 Å². The molecule has 0 aromatic heterocycles. The van der Waals surface area contributed by atoms with Crippen molar-refractivity contribution in [3.63, 3.8) is 0 Å². The van der Waals surface area contributed by atoms with Crippen molar-refractivity contribution in [2.24, 2.45) is 0 Å². The van der Waals surface area contributed by atoms with E-state index in [0.29, 0.717) is 38.4 Å². The van der Waals surface area contributed by atoms with Crippen LogP contribution >= 0.6 is 23.5 Å². The van der Waals surface area contributed by atoms with Gasteiger partial charge in [-0.05, 0) is 45.2 Å². The Morgan fingerprint density at radius 2 is 1.44 bits per heavy atom. The molecule has 45 heavy (non-hydrogen) atoms. The van der Waals surface area contributed by atoms with Crippen molar-refractivity contribution in [2.75, 3.05) is 26.4 Å². The first kappa shape index (κ1) is 36.8. The first-order chi connectivity index (χ1) is 21.5. The van der Waals surface area contributed by atoms with Crippen molar-refractivity contribution in [3.05, 3.63) is 58.3 Å². The number of thioether (sulfide) groups is 2. The number of fused-ring (bicyclic) bond motifs is 1. The molecule has 2 atom stereocenters. The largest absolute Gasteiger partial charge is 0.492 e. The highest BCUT2D eigenvalue weighted by Crippen LogP contribution is 2.59. The highest BCUT2D eigenvalue weighted by atomic mass is 32.2. The Morgan fingerprint density at radius 1 is 0.933 bits per heavy atom. The van der Waals surface area contributed by atoms with Crippen LogP contribution in [0.4, 0.5) is 0 Å². The van der Waals surface area contributed by atoms with Gasteiger partial charge in [0.05, 0.1) is 39.9 Å². The number of aryl methyl sites for hydroxylation is 1. The summed E-state index contributed by atoms with van der Waals surface area (Å²) in [4.78, 5) is 51.3. The van der Waals surface area contributed by atoms with E-state index in [2.05, 4.69) is 18.0 Å². The van der Waals surface area contributed by atoms with Crippen LogP contribution in [0.2, 0.25) is 0 Å². The maximum absolute atomic E-state index is 12.2. The molecular weight excluding hydrogens is 624 g/mol. The number of carbonyl (C=O) groups excluding carboxylic acids is 4. The average Bonchev–Trinajstić information content (AvgIpc) is 3.45. The van der Waals surface area contributed by atoms with Crippen LogP contribution in [0.1, 0.15) is 45.1 Å². The Bertz CT molecular complexity index is 1390. The van der Waals surface area contributed by atoms with E-state index in [9.17, 15) is 24.4 Å². The van der Waals surface area contributed by atoms with Gasteiger partial charge in [0.1, 0.15) is 36.9 Å². The van der Waals surface area contributed by atoms with E-state index in [1.165, 1.54) is 23.5 Å². The number of esters is 4. The van der Waals surface area contributed by atoms with Crippen LogP contribution in [-0.4, -0.2) is 62.5 Å². The summed E-state index contributed by atoms with van der Waals surface area (Å²) >= 11 is 2.46. The lowest BCUT2D eigenvalue weighted by Gasteiger charge is -2.17. The van der Waals surface area contributed by atoms with Gasteiger partial charge in [-0.25, -0.2) is 19.7 Å². The number of benzene rings is 1. The topological polar surface area (TPSA) is 152 Å². The molecular formula is C31H34N2O10S2. The molecule has 0 fully saturated rings. The van der Waals surface area contributed by atoms with Crippen LogP contribution in [0.3, 0.4) is 0 Å². The van der Waals surface area contributed by atoms with Gasteiger partial charge in [-0.1, -0.05) is 36.7 Å². The monoisotopic (exact) mass is 658 g/mol. The smallest absolute Gasteiger partial charge is 0.330 e. The summed E-state index contributed by atoms with van der Waals surface area (Å²) in [7, 11) is 0. The zero-order valence-electron chi connectivity index (χ0n) is 25.3. The second-order valence-corrected chi connectivity index (χ2v) is 11.7. The van der Waals surface area contributed by atoms with E-state index >= 15 is 0 Å². The zero-order valence-corrected chi connectivity index (χ0v) is 26.9. The van der Waals surface area contributed by atoms with Crippen LogP contribution in [0.15, 0.2) is 51.1 Å². The number of nitriles is 1. The van der Waals surface area contributed by atoms with E-state index in [0.717, 1.165) is 17.7 Å². The second-order valence-electron chi connectivity index (χ2n) is 9.42. The molecule has 0 spiro atoms.